The van der Waals surface area contributed by atoms with Crippen molar-refractivity contribution in [3.05, 3.63) is 47.7 Å². The molecule has 2 aromatic rings. The molecule has 0 N–H and O–H groups in total. The minimum Gasteiger partial charge on any atom is -0.465 e. The summed E-state index contributed by atoms with van der Waals surface area (Å²) in [6, 6.07) is 11.7. The topological polar surface area (TPSA) is 44.1 Å². The second-order valence-corrected chi connectivity index (χ2v) is 8.79. The zero-order valence-corrected chi connectivity index (χ0v) is 18.2. The average Bonchev–Trinajstić information content (AvgIpc) is 3.29. The van der Waals surface area contributed by atoms with Crippen LogP contribution < -0.4 is 0 Å². The van der Waals surface area contributed by atoms with Gasteiger partial charge in [-0.1, -0.05) is 63.4 Å². The van der Waals surface area contributed by atoms with Crippen molar-refractivity contribution in [3.8, 4) is 0 Å². The summed E-state index contributed by atoms with van der Waals surface area (Å²) in [5.41, 5.74) is 1.70. The van der Waals surface area contributed by atoms with Crippen molar-refractivity contribution in [2.24, 2.45) is 5.92 Å². The first-order valence-electron chi connectivity index (χ1n) is 10.7. The molecule has 6 heteroatoms. The summed E-state index contributed by atoms with van der Waals surface area (Å²) in [5.74, 6) is 0.886. The molecular formula is C23H31FN2O2S. The predicted molar refractivity (Wildman–Crippen MR) is 115 cm³/mol. The quantitative estimate of drug-likeness (QED) is 0.325. The molecule has 4 nitrogen and oxygen atoms in total. The number of halogens is 1. The molecule has 3 atom stereocenters. The molecule has 0 fully saturated rings. The number of hydrogen-bond donors (Lipinski definition) is 0. The Morgan fingerprint density at radius 2 is 2.14 bits per heavy atom. The van der Waals surface area contributed by atoms with Gasteiger partial charge in [-0.25, -0.2) is 4.39 Å². The zero-order chi connectivity index (χ0) is 20.6. The molecule has 0 aliphatic carbocycles. The van der Waals surface area contributed by atoms with E-state index in [-0.39, 0.29) is 12.0 Å². The molecule has 0 spiro atoms. The third-order valence-electron chi connectivity index (χ3n) is 5.55. The number of hydrogen-bond acceptors (Lipinski definition) is 4. The van der Waals surface area contributed by atoms with Crippen molar-refractivity contribution in [2.75, 3.05) is 12.4 Å². The van der Waals surface area contributed by atoms with Crippen LogP contribution in [0.25, 0.3) is 0 Å². The number of rotatable bonds is 11. The number of esters is 1. The fraction of sp³-hybridized carbons (Fsp3) is 0.565. The van der Waals surface area contributed by atoms with Gasteiger partial charge in [0.25, 0.3) is 0 Å². The van der Waals surface area contributed by atoms with Gasteiger partial charge in [-0.15, -0.1) is 11.8 Å². The van der Waals surface area contributed by atoms with Crippen molar-refractivity contribution < 1.29 is 13.9 Å². The molecule has 0 radical (unpaired) electrons. The first-order chi connectivity index (χ1) is 14.1. The Morgan fingerprint density at radius 1 is 1.34 bits per heavy atom. The number of carbonyl (C=O) groups is 1. The molecule has 1 unspecified atom stereocenters. The summed E-state index contributed by atoms with van der Waals surface area (Å²) < 4.78 is 21.7. The van der Waals surface area contributed by atoms with Crippen LogP contribution in [0.4, 0.5) is 4.39 Å². The number of nitrogens with zero attached hydrogens (tertiary/aromatic N) is 2. The fourth-order valence-corrected chi connectivity index (χ4v) is 4.56. The lowest BCUT2D eigenvalue weighted by atomic mass is 10.0. The largest absolute Gasteiger partial charge is 0.465 e. The summed E-state index contributed by atoms with van der Waals surface area (Å²) in [7, 11) is 0. The minimum atomic E-state index is -0.999. The van der Waals surface area contributed by atoms with Gasteiger partial charge in [0.15, 0.2) is 0 Å². The Labute approximate surface area is 177 Å². The Morgan fingerprint density at radius 3 is 2.86 bits per heavy atom. The number of aromatic nitrogens is 2. The summed E-state index contributed by atoms with van der Waals surface area (Å²) >= 11 is 1.49. The molecule has 0 saturated heterocycles. The van der Waals surface area contributed by atoms with Crippen LogP contribution >= 0.6 is 11.8 Å². The van der Waals surface area contributed by atoms with E-state index in [0.29, 0.717) is 36.8 Å². The highest BCUT2D eigenvalue weighted by molar-refractivity contribution is 7.99. The summed E-state index contributed by atoms with van der Waals surface area (Å²) in [6.45, 7) is 4.83. The molecule has 1 aromatic carbocycles. The van der Waals surface area contributed by atoms with Crippen molar-refractivity contribution in [1.29, 1.82) is 0 Å². The van der Waals surface area contributed by atoms with Gasteiger partial charge in [-0.3, -0.25) is 9.48 Å². The number of alkyl halides is 1. The van der Waals surface area contributed by atoms with E-state index in [1.165, 1.54) is 24.6 Å². The first-order valence-corrected chi connectivity index (χ1v) is 11.7. The molecule has 0 saturated carbocycles. The van der Waals surface area contributed by atoms with E-state index >= 15 is 0 Å². The van der Waals surface area contributed by atoms with Crippen LogP contribution in [0.2, 0.25) is 0 Å². The van der Waals surface area contributed by atoms with E-state index in [4.69, 9.17) is 4.74 Å². The number of ether oxygens (including phenoxy) is 1. The zero-order valence-electron chi connectivity index (χ0n) is 17.4. The van der Waals surface area contributed by atoms with Gasteiger partial charge in [0, 0.05) is 12.2 Å². The van der Waals surface area contributed by atoms with Crippen LogP contribution in [0.3, 0.4) is 0 Å². The highest BCUT2D eigenvalue weighted by Gasteiger charge is 2.33. The second kappa shape index (κ2) is 10.8. The summed E-state index contributed by atoms with van der Waals surface area (Å²) in [4.78, 5) is 12.0. The molecule has 29 heavy (non-hydrogen) atoms. The fourth-order valence-electron chi connectivity index (χ4n) is 3.73. The molecule has 3 rings (SSSR count). The monoisotopic (exact) mass is 418 g/mol. The first kappa shape index (κ1) is 21.9. The van der Waals surface area contributed by atoms with Crippen molar-refractivity contribution in [2.45, 2.75) is 69.6 Å². The standard InChI is InChI=1S/C23H31FN2O2S/c1-3-5-9-17(4-2)16-28-23(27)12-13-29-22-15-21-19(24)14-20(26(21)25-22)18-10-7-6-8-11-18/h6-8,10-11,15,17,19-20H,3-5,9,12-14,16H2,1-2H3/t17?,19-,20-/m1/s1. The lowest BCUT2D eigenvalue weighted by Gasteiger charge is -2.14. The van der Waals surface area contributed by atoms with Crippen LogP contribution in [0.15, 0.2) is 41.4 Å². The second-order valence-electron chi connectivity index (χ2n) is 7.68. The van der Waals surface area contributed by atoms with Crippen molar-refractivity contribution in [3.63, 3.8) is 0 Å². The maximum Gasteiger partial charge on any atom is 0.306 e. The smallest absolute Gasteiger partial charge is 0.306 e. The van der Waals surface area contributed by atoms with Gasteiger partial charge in [-0.05, 0) is 24.0 Å². The Hall–Kier alpha value is -1.82. The molecule has 2 heterocycles. The highest BCUT2D eigenvalue weighted by atomic mass is 32.2. The van der Waals surface area contributed by atoms with Gasteiger partial charge >= 0.3 is 5.97 Å². The number of benzene rings is 1. The Kier molecular flexibility index (Phi) is 8.16. The van der Waals surface area contributed by atoms with Crippen molar-refractivity contribution >= 4 is 17.7 Å². The molecule has 1 aromatic heterocycles. The van der Waals surface area contributed by atoms with E-state index in [1.54, 1.807) is 4.68 Å². The SMILES string of the molecule is CCCCC(CC)COC(=O)CCSc1cc2n(n1)[C@@H](c1ccccc1)C[C@H]2F. The van der Waals surface area contributed by atoms with Crippen LogP contribution in [0.5, 0.6) is 0 Å². The van der Waals surface area contributed by atoms with E-state index in [2.05, 4.69) is 18.9 Å². The van der Waals surface area contributed by atoms with Crippen LogP contribution in [-0.4, -0.2) is 28.1 Å². The molecule has 1 aliphatic heterocycles. The summed E-state index contributed by atoms with van der Waals surface area (Å²) in [5, 5.41) is 5.37. The van der Waals surface area contributed by atoms with E-state index in [0.717, 1.165) is 23.4 Å². The Bertz CT molecular complexity index is 780. The summed E-state index contributed by atoms with van der Waals surface area (Å²) in [6.07, 6.45) is 4.27. The molecule has 1 aliphatic rings. The van der Waals surface area contributed by atoms with Crippen molar-refractivity contribution in [1.82, 2.24) is 9.78 Å². The molecule has 0 bridgehead atoms. The number of thioether (sulfide) groups is 1. The number of carbonyl (C=O) groups excluding carboxylic acids is 1. The lowest BCUT2D eigenvalue weighted by Crippen LogP contribution is -2.14. The third-order valence-corrected chi connectivity index (χ3v) is 6.46. The normalized spacial score (nSPS) is 19.1. The minimum absolute atomic E-state index is 0.0605. The van der Waals surface area contributed by atoms with Crippen LogP contribution in [-0.2, 0) is 9.53 Å². The number of fused-ring (bicyclic) bond motifs is 1. The third kappa shape index (κ3) is 5.84. The van der Waals surface area contributed by atoms with Gasteiger partial charge in [0.2, 0.25) is 0 Å². The van der Waals surface area contributed by atoms with E-state index in [1.807, 2.05) is 36.4 Å². The molecule has 0 amide bonds. The predicted octanol–water partition coefficient (Wildman–Crippen LogP) is 6.13. The number of unbranched alkanes of at least 4 members (excludes halogenated alkanes) is 1. The van der Waals surface area contributed by atoms with E-state index < -0.39 is 6.17 Å². The lowest BCUT2D eigenvalue weighted by molar-refractivity contribution is -0.144. The maximum atomic E-state index is 14.5. The average molecular weight is 419 g/mol. The Balaban J connectivity index is 1.47. The van der Waals surface area contributed by atoms with Gasteiger partial charge in [-0.2, -0.15) is 5.10 Å². The highest BCUT2D eigenvalue weighted by Crippen LogP contribution is 2.41. The van der Waals surface area contributed by atoms with Gasteiger partial charge < -0.3 is 4.74 Å². The van der Waals surface area contributed by atoms with Crippen LogP contribution in [0, 0.1) is 5.92 Å². The van der Waals surface area contributed by atoms with Crippen LogP contribution in [0.1, 0.15) is 75.8 Å². The molecule has 158 valence electrons. The van der Waals surface area contributed by atoms with E-state index in [9.17, 15) is 9.18 Å². The van der Waals surface area contributed by atoms with Gasteiger partial charge in [0.1, 0.15) is 11.2 Å². The molecular weight excluding hydrogens is 387 g/mol. The van der Waals surface area contributed by atoms with Gasteiger partial charge in [0.05, 0.1) is 24.8 Å². The maximum absolute atomic E-state index is 14.5.